The van der Waals surface area contributed by atoms with Crippen molar-refractivity contribution in [3.8, 4) is 0 Å². The number of rotatable bonds is 5. The van der Waals surface area contributed by atoms with Crippen molar-refractivity contribution >= 4 is 17.7 Å². The molecule has 0 spiro atoms. The number of likely N-dealkylation sites (tertiary alicyclic amines) is 1. The topological polar surface area (TPSA) is 46.3 Å². The fraction of sp³-hybridized carbons (Fsp3) is 0.900. The fourth-order valence-electron chi connectivity index (χ4n) is 1.84. The fourth-order valence-corrected chi connectivity index (χ4v) is 2.71. The molecular formula is C10H20N2OS. The van der Waals surface area contributed by atoms with Crippen LogP contribution in [0.5, 0.6) is 0 Å². The molecule has 2 N–H and O–H groups in total. The standard InChI is InChI=1S/C10H20N2OS/c1-4-10(5-2,14-3)7-12-6-8(11)9(12)13/h8H,4-7,11H2,1-3H3. The van der Waals surface area contributed by atoms with E-state index in [0.29, 0.717) is 0 Å². The van der Waals surface area contributed by atoms with Crippen LogP contribution in [-0.4, -0.2) is 40.9 Å². The summed E-state index contributed by atoms with van der Waals surface area (Å²) in [6.07, 6.45) is 4.32. The molecule has 1 unspecified atom stereocenters. The second-order valence-corrected chi connectivity index (χ2v) is 5.19. The van der Waals surface area contributed by atoms with Crippen molar-refractivity contribution in [2.24, 2.45) is 5.73 Å². The number of hydrogen-bond acceptors (Lipinski definition) is 3. The van der Waals surface area contributed by atoms with Gasteiger partial charge in [0.1, 0.15) is 6.04 Å². The summed E-state index contributed by atoms with van der Waals surface area (Å²) in [5.41, 5.74) is 5.56. The molecule has 1 saturated heterocycles. The number of carbonyl (C=O) groups excluding carboxylic acids is 1. The van der Waals surface area contributed by atoms with E-state index in [4.69, 9.17) is 5.73 Å². The van der Waals surface area contributed by atoms with E-state index in [1.807, 2.05) is 16.7 Å². The normalized spacial score (nSPS) is 22.4. The molecule has 0 aliphatic carbocycles. The maximum Gasteiger partial charge on any atom is 0.241 e. The summed E-state index contributed by atoms with van der Waals surface area (Å²) in [5.74, 6) is 0.116. The third-order valence-electron chi connectivity index (χ3n) is 3.25. The van der Waals surface area contributed by atoms with Crippen LogP contribution in [0.3, 0.4) is 0 Å². The molecule has 1 heterocycles. The van der Waals surface area contributed by atoms with Crippen LogP contribution in [0.4, 0.5) is 0 Å². The monoisotopic (exact) mass is 216 g/mol. The highest BCUT2D eigenvalue weighted by Gasteiger charge is 2.38. The zero-order valence-electron chi connectivity index (χ0n) is 9.25. The largest absolute Gasteiger partial charge is 0.338 e. The summed E-state index contributed by atoms with van der Waals surface area (Å²) in [6, 6.07) is -0.233. The first-order chi connectivity index (χ1) is 6.58. The zero-order chi connectivity index (χ0) is 10.8. The second-order valence-electron chi connectivity index (χ2n) is 3.92. The van der Waals surface area contributed by atoms with Gasteiger partial charge in [0.05, 0.1) is 0 Å². The third kappa shape index (κ3) is 2.06. The van der Waals surface area contributed by atoms with E-state index in [2.05, 4.69) is 20.1 Å². The molecule has 1 amide bonds. The Morgan fingerprint density at radius 2 is 2.14 bits per heavy atom. The smallest absolute Gasteiger partial charge is 0.241 e. The zero-order valence-corrected chi connectivity index (χ0v) is 10.1. The molecule has 0 radical (unpaired) electrons. The molecule has 0 aromatic heterocycles. The summed E-state index contributed by atoms with van der Waals surface area (Å²) >= 11 is 1.86. The first-order valence-corrected chi connectivity index (χ1v) is 6.40. The van der Waals surface area contributed by atoms with Crippen LogP contribution < -0.4 is 5.73 Å². The van der Waals surface area contributed by atoms with E-state index in [-0.39, 0.29) is 16.7 Å². The SMILES string of the molecule is CCC(CC)(CN1CC(N)C1=O)SC. The Balaban J connectivity index is 2.53. The van der Waals surface area contributed by atoms with Crippen LogP contribution >= 0.6 is 11.8 Å². The molecule has 1 rings (SSSR count). The molecule has 1 aliphatic rings. The summed E-state index contributed by atoms with van der Waals surface area (Å²) in [7, 11) is 0. The van der Waals surface area contributed by atoms with Crippen LogP contribution in [0.1, 0.15) is 26.7 Å². The number of hydrogen-bond donors (Lipinski definition) is 1. The summed E-state index contributed by atoms with van der Waals surface area (Å²) in [5, 5.41) is 0. The first kappa shape index (κ1) is 11.9. The molecule has 1 fully saturated rings. The van der Waals surface area contributed by atoms with Gasteiger partial charge < -0.3 is 10.6 Å². The lowest BCUT2D eigenvalue weighted by Crippen LogP contribution is -2.63. The molecule has 1 atom stereocenters. The summed E-state index contributed by atoms with van der Waals surface area (Å²) in [6.45, 7) is 5.96. The minimum absolute atomic E-state index is 0.116. The Kier molecular flexibility index (Phi) is 3.84. The highest BCUT2D eigenvalue weighted by atomic mass is 32.2. The van der Waals surface area contributed by atoms with Gasteiger partial charge in [0.15, 0.2) is 0 Å². The summed E-state index contributed by atoms with van der Waals surface area (Å²) in [4.78, 5) is 13.3. The Hall–Kier alpha value is -0.220. The van der Waals surface area contributed by atoms with E-state index < -0.39 is 0 Å². The molecule has 0 saturated carbocycles. The molecule has 14 heavy (non-hydrogen) atoms. The van der Waals surface area contributed by atoms with E-state index in [9.17, 15) is 4.79 Å². The molecule has 1 aliphatic heterocycles. The van der Waals surface area contributed by atoms with E-state index in [1.54, 1.807) is 0 Å². The van der Waals surface area contributed by atoms with E-state index >= 15 is 0 Å². The van der Waals surface area contributed by atoms with Gasteiger partial charge in [0, 0.05) is 17.8 Å². The molecular weight excluding hydrogens is 196 g/mol. The van der Waals surface area contributed by atoms with Crippen molar-refractivity contribution in [2.45, 2.75) is 37.5 Å². The molecule has 4 heteroatoms. The lowest BCUT2D eigenvalue weighted by Gasteiger charge is -2.43. The van der Waals surface area contributed by atoms with Gasteiger partial charge in [0.2, 0.25) is 5.91 Å². The molecule has 82 valence electrons. The number of nitrogens with zero attached hydrogens (tertiary/aromatic N) is 1. The van der Waals surface area contributed by atoms with Crippen LogP contribution in [0.15, 0.2) is 0 Å². The Bertz CT molecular complexity index is 208. The lowest BCUT2D eigenvalue weighted by molar-refractivity contribution is -0.142. The number of amides is 1. The quantitative estimate of drug-likeness (QED) is 0.699. The third-order valence-corrected chi connectivity index (χ3v) is 4.82. The van der Waals surface area contributed by atoms with Gasteiger partial charge in [-0.2, -0.15) is 11.8 Å². The highest BCUT2D eigenvalue weighted by molar-refractivity contribution is 8.00. The van der Waals surface area contributed by atoms with Crippen molar-refractivity contribution in [3.63, 3.8) is 0 Å². The van der Waals surface area contributed by atoms with E-state index in [0.717, 1.165) is 25.9 Å². The van der Waals surface area contributed by atoms with Gasteiger partial charge in [-0.25, -0.2) is 0 Å². The number of nitrogens with two attached hydrogens (primary N) is 1. The maximum absolute atomic E-state index is 11.4. The Morgan fingerprint density at radius 3 is 2.43 bits per heavy atom. The van der Waals surface area contributed by atoms with Gasteiger partial charge in [-0.3, -0.25) is 4.79 Å². The van der Waals surface area contributed by atoms with Crippen LogP contribution in [0.2, 0.25) is 0 Å². The van der Waals surface area contributed by atoms with Crippen LogP contribution in [-0.2, 0) is 4.79 Å². The van der Waals surface area contributed by atoms with Crippen molar-refractivity contribution in [3.05, 3.63) is 0 Å². The lowest BCUT2D eigenvalue weighted by atomic mass is 9.98. The minimum Gasteiger partial charge on any atom is -0.338 e. The molecule has 3 nitrogen and oxygen atoms in total. The molecule has 0 bridgehead atoms. The number of thioether (sulfide) groups is 1. The van der Waals surface area contributed by atoms with Crippen molar-refractivity contribution in [2.75, 3.05) is 19.3 Å². The van der Waals surface area contributed by atoms with E-state index in [1.165, 1.54) is 0 Å². The molecule has 0 aromatic carbocycles. The van der Waals surface area contributed by atoms with Gasteiger partial charge in [-0.1, -0.05) is 13.8 Å². The first-order valence-electron chi connectivity index (χ1n) is 5.18. The minimum atomic E-state index is -0.233. The van der Waals surface area contributed by atoms with Gasteiger partial charge in [-0.05, 0) is 19.1 Å². The van der Waals surface area contributed by atoms with Crippen LogP contribution in [0.25, 0.3) is 0 Å². The Morgan fingerprint density at radius 1 is 1.57 bits per heavy atom. The maximum atomic E-state index is 11.4. The van der Waals surface area contributed by atoms with Gasteiger partial charge in [-0.15, -0.1) is 0 Å². The summed E-state index contributed by atoms with van der Waals surface area (Å²) < 4.78 is 0.232. The predicted octanol–water partition coefficient (Wildman–Crippen LogP) is 1.08. The predicted molar refractivity (Wildman–Crippen MR) is 61.4 cm³/mol. The van der Waals surface area contributed by atoms with Gasteiger partial charge in [0.25, 0.3) is 0 Å². The van der Waals surface area contributed by atoms with Crippen molar-refractivity contribution < 1.29 is 4.79 Å². The van der Waals surface area contributed by atoms with Crippen LogP contribution in [0, 0.1) is 0 Å². The average molecular weight is 216 g/mol. The number of carbonyl (C=O) groups is 1. The van der Waals surface area contributed by atoms with Gasteiger partial charge >= 0.3 is 0 Å². The average Bonchev–Trinajstić information content (AvgIpc) is 2.24. The Labute approximate surface area is 90.4 Å². The number of β-lactam (4-membered cyclic amide) rings is 1. The van der Waals surface area contributed by atoms with Crippen molar-refractivity contribution in [1.82, 2.24) is 4.90 Å². The highest BCUT2D eigenvalue weighted by Crippen LogP contribution is 2.32. The second kappa shape index (κ2) is 4.53. The molecule has 0 aromatic rings. The van der Waals surface area contributed by atoms with Crippen molar-refractivity contribution in [1.29, 1.82) is 0 Å².